The molecule has 4 atom stereocenters. The quantitative estimate of drug-likeness (QED) is 0.106. The van der Waals surface area contributed by atoms with E-state index in [1.165, 1.54) is 12.5 Å². The van der Waals surface area contributed by atoms with Gasteiger partial charge in [0.2, 0.25) is 23.6 Å². The summed E-state index contributed by atoms with van der Waals surface area (Å²) in [5.41, 5.74) is 17.1. The minimum Gasteiger partial charge on any atom is -0.480 e. The van der Waals surface area contributed by atoms with Gasteiger partial charge in [-0.2, -0.15) is 0 Å². The number of hydrogen-bond acceptors (Lipinski definition) is 8. The van der Waals surface area contributed by atoms with Crippen molar-refractivity contribution in [1.82, 2.24) is 25.9 Å². The van der Waals surface area contributed by atoms with E-state index in [0.717, 1.165) is 0 Å². The van der Waals surface area contributed by atoms with E-state index in [1.54, 1.807) is 13.8 Å². The average molecular weight is 511 g/mol. The second-order valence-electron chi connectivity index (χ2n) is 8.86. The highest BCUT2D eigenvalue weighted by Gasteiger charge is 2.31. The Kier molecular flexibility index (Phi) is 13.1. The van der Waals surface area contributed by atoms with E-state index in [1.807, 2.05) is 0 Å². The van der Waals surface area contributed by atoms with Gasteiger partial charge in [-0.25, -0.2) is 9.78 Å². The van der Waals surface area contributed by atoms with Gasteiger partial charge in [-0.1, -0.05) is 13.8 Å². The zero-order chi connectivity index (χ0) is 27.3. The van der Waals surface area contributed by atoms with Crippen molar-refractivity contribution in [3.8, 4) is 0 Å². The molecule has 0 radical (unpaired) electrons. The van der Waals surface area contributed by atoms with Crippen LogP contribution < -0.4 is 33.2 Å². The van der Waals surface area contributed by atoms with Crippen LogP contribution in [0.2, 0.25) is 0 Å². The Morgan fingerprint density at radius 2 is 1.56 bits per heavy atom. The molecule has 1 rings (SSSR count). The predicted molar refractivity (Wildman–Crippen MR) is 130 cm³/mol. The van der Waals surface area contributed by atoms with Gasteiger partial charge < -0.3 is 43.2 Å². The SMILES string of the molecule is CC(C)C(N)C(=O)NC(CCCCN)C(=O)NC(CCC(N)=O)C(=O)NC(Cc1cnc[nH]1)C(=O)O. The normalized spacial score (nSPS) is 14.4. The standard InChI is InChI=1S/C22H38N8O6/c1-12(2)18(25)21(34)29-14(5-3-4-8-23)19(32)28-15(6-7-17(24)31)20(33)30-16(22(35)36)9-13-10-26-11-27-13/h10-12,14-16,18H,3-9,23,25H2,1-2H3,(H2,24,31)(H,26,27)(H,28,32)(H,29,34)(H,30,33)(H,35,36). The van der Waals surface area contributed by atoms with E-state index >= 15 is 0 Å². The number of aliphatic carboxylic acids is 1. The molecule has 36 heavy (non-hydrogen) atoms. The molecular weight excluding hydrogens is 472 g/mol. The summed E-state index contributed by atoms with van der Waals surface area (Å²) in [5.74, 6) is -4.20. The molecular formula is C22H38N8O6. The third kappa shape index (κ3) is 10.8. The molecule has 0 aliphatic carbocycles. The van der Waals surface area contributed by atoms with E-state index in [0.29, 0.717) is 25.1 Å². The van der Waals surface area contributed by atoms with Crippen LogP contribution in [0.1, 0.15) is 51.6 Å². The van der Waals surface area contributed by atoms with Crippen LogP contribution in [0.25, 0.3) is 0 Å². The lowest BCUT2D eigenvalue weighted by atomic mass is 10.0. The molecule has 4 unspecified atom stereocenters. The first-order chi connectivity index (χ1) is 17.0. The molecule has 0 aliphatic heterocycles. The van der Waals surface area contributed by atoms with Gasteiger partial charge in [-0.15, -0.1) is 0 Å². The second kappa shape index (κ2) is 15.5. The number of carbonyl (C=O) groups is 5. The summed E-state index contributed by atoms with van der Waals surface area (Å²) in [4.78, 5) is 68.1. The number of aromatic amines is 1. The van der Waals surface area contributed by atoms with Gasteiger partial charge in [0.25, 0.3) is 0 Å². The van der Waals surface area contributed by atoms with Gasteiger partial charge >= 0.3 is 5.97 Å². The number of nitrogens with one attached hydrogen (secondary N) is 4. The summed E-state index contributed by atoms with van der Waals surface area (Å²) >= 11 is 0. The summed E-state index contributed by atoms with van der Waals surface area (Å²) in [6.45, 7) is 3.92. The fourth-order valence-corrected chi connectivity index (χ4v) is 3.25. The largest absolute Gasteiger partial charge is 0.480 e. The Hall–Kier alpha value is -3.52. The third-order valence-electron chi connectivity index (χ3n) is 5.51. The molecule has 0 bridgehead atoms. The number of imidazole rings is 1. The minimum absolute atomic E-state index is 0.0809. The van der Waals surface area contributed by atoms with E-state index in [4.69, 9.17) is 17.2 Å². The predicted octanol–water partition coefficient (Wildman–Crippen LogP) is -2.13. The van der Waals surface area contributed by atoms with Crippen molar-refractivity contribution in [3.05, 3.63) is 18.2 Å². The first kappa shape index (κ1) is 30.5. The lowest BCUT2D eigenvalue weighted by molar-refractivity contribution is -0.142. The Balaban J connectivity index is 3.01. The number of aromatic nitrogens is 2. The highest BCUT2D eigenvalue weighted by molar-refractivity contribution is 5.94. The number of unbranched alkanes of at least 4 members (excludes halogenated alkanes) is 1. The highest BCUT2D eigenvalue weighted by atomic mass is 16.4. The molecule has 14 nitrogen and oxygen atoms in total. The summed E-state index contributed by atoms with van der Waals surface area (Å²) in [6.07, 6.45) is 3.67. The highest BCUT2D eigenvalue weighted by Crippen LogP contribution is 2.07. The van der Waals surface area contributed by atoms with Crippen LogP contribution in [-0.4, -0.2) is 75.4 Å². The Labute approximate surface area is 209 Å². The van der Waals surface area contributed by atoms with Crippen molar-refractivity contribution in [2.75, 3.05) is 6.54 Å². The van der Waals surface area contributed by atoms with Gasteiger partial charge in [-0.3, -0.25) is 19.2 Å². The summed E-state index contributed by atoms with van der Waals surface area (Å²) in [7, 11) is 0. The lowest BCUT2D eigenvalue weighted by Gasteiger charge is -2.25. The van der Waals surface area contributed by atoms with Crippen LogP contribution in [0.5, 0.6) is 0 Å². The topological polar surface area (TPSA) is 248 Å². The third-order valence-corrected chi connectivity index (χ3v) is 5.51. The number of rotatable bonds is 17. The summed E-state index contributed by atoms with van der Waals surface area (Å²) < 4.78 is 0. The van der Waals surface area contributed by atoms with Crippen LogP contribution >= 0.6 is 0 Å². The first-order valence-corrected chi connectivity index (χ1v) is 11.8. The molecule has 1 aromatic heterocycles. The van der Waals surface area contributed by atoms with Crippen LogP contribution in [0.4, 0.5) is 0 Å². The molecule has 1 heterocycles. The number of hydrogen-bond donors (Lipinski definition) is 8. The number of nitrogens with zero attached hydrogens (tertiary/aromatic N) is 1. The van der Waals surface area contributed by atoms with E-state index in [9.17, 15) is 29.1 Å². The fraction of sp³-hybridized carbons (Fsp3) is 0.636. The molecule has 0 aliphatic rings. The maximum Gasteiger partial charge on any atom is 0.326 e. The van der Waals surface area contributed by atoms with Crippen molar-refractivity contribution in [2.24, 2.45) is 23.1 Å². The van der Waals surface area contributed by atoms with Gasteiger partial charge in [0.15, 0.2) is 0 Å². The van der Waals surface area contributed by atoms with Crippen LogP contribution in [-0.2, 0) is 30.4 Å². The van der Waals surface area contributed by atoms with Gasteiger partial charge in [0.1, 0.15) is 18.1 Å². The molecule has 202 valence electrons. The summed E-state index contributed by atoms with van der Waals surface area (Å²) in [5, 5.41) is 17.0. The number of H-pyrrole nitrogens is 1. The molecule has 0 spiro atoms. The second-order valence-corrected chi connectivity index (χ2v) is 8.86. The lowest BCUT2D eigenvalue weighted by Crippen LogP contribution is -2.57. The number of nitrogens with two attached hydrogens (primary N) is 3. The maximum atomic E-state index is 13.1. The summed E-state index contributed by atoms with van der Waals surface area (Å²) in [6, 6.07) is -4.46. The molecule has 11 N–H and O–H groups in total. The molecule has 1 aromatic rings. The Morgan fingerprint density at radius 1 is 0.972 bits per heavy atom. The monoisotopic (exact) mass is 510 g/mol. The van der Waals surface area contributed by atoms with Crippen LogP contribution in [0.3, 0.4) is 0 Å². The fourth-order valence-electron chi connectivity index (χ4n) is 3.25. The van der Waals surface area contributed by atoms with Crippen molar-refractivity contribution >= 4 is 29.6 Å². The molecule has 0 fully saturated rings. The Morgan fingerprint density at radius 3 is 2.06 bits per heavy atom. The zero-order valence-corrected chi connectivity index (χ0v) is 20.7. The van der Waals surface area contributed by atoms with Crippen molar-refractivity contribution in [3.63, 3.8) is 0 Å². The molecule has 0 aromatic carbocycles. The first-order valence-electron chi connectivity index (χ1n) is 11.8. The van der Waals surface area contributed by atoms with E-state index < -0.39 is 53.8 Å². The smallest absolute Gasteiger partial charge is 0.326 e. The number of amides is 4. The molecule has 4 amide bonds. The number of carboxylic acids is 1. The molecule has 0 saturated carbocycles. The Bertz CT molecular complexity index is 876. The average Bonchev–Trinajstić information content (AvgIpc) is 3.32. The number of carboxylic acid groups (broad SMARTS) is 1. The van der Waals surface area contributed by atoms with E-state index in [2.05, 4.69) is 25.9 Å². The number of carbonyl (C=O) groups excluding carboxylic acids is 4. The van der Waals surface area contributed by atoms with Gasteiger partial charge in [0.05, 0.1) is 12.4 Å². The van der Waals surface area contributed by atoms with E-state index in [-0.39, 0.29) is 31.6 Å². The van der Waals surface area contributed by atoms with Gasteiger partial charge in [0, 0.05) is 24.7 Å². The van der Waals surface area contributed by atoms with Crippen LogP contribution in [0, 0.1) is 5.92 Å². The van der Waals surface area contributed by atoms with Crippen molar-refractivity contribution in [2.45, 2.75) is 76.5 Å². The molecule has 14 heteroatoms. The van der Waals surface area contributed by atoms with Crippen LogP contribution in [0.15, 0.2) is 12.5 Å². The van der Waals surface area contributed by atoms with Crippen molar-refractivity contribution < 1.29 is 29.1 Å². The van der Waals surface area contributed by atoms with Gasteiger partial charge in [-0.05, 0) is 38.1 Å². The van der Waals surface area contributed by atoms with Crippen molar-refractivity contribution in [1.29, 1.82) is 0 Å². The number of primary amides is 1. The zero-order valence-electron chi connectivity index (χ0n) is 20.7. The maximum absolute atomic E-state index is 13.1. The molecule has 0 saturated heterocycles. The minimum atomic E-state index is -1.32.